The lowest BCUT2D eigenvalue weighted by Crippen LogP contribution is -2.38. The average molecular weight is 262 g/mol. The van der Waals surface area contributed by atoms with Crippen LogP contribution in [0.3, 0.4) is 0 Å². The number of likely N-dealkylation sites (tertiary alicyclic amines) is 1. The van der Waals surface area contributed by atoms with Gasteiger partial charge in [-0.3, -0.25) is 9.59 Å². The highest BCUT2D eigenvalue weighted by atomic mass is 16.4. The topological polar surface area (TPSA) is 83.6 Å². The summed E-state index contributed by atoms with van der Waals surface area (Å²) in [6.07, 6.45) is 0.504. The van der Waals surface area contributed by atoms with Crippen LogP contribution in [0.1, 0.15) is 29.3 Å². The Balaban J connectivity index is 2.26. The third-order valence-corrected chi connectivity index (χ3v) is 3.94. The van der Waals surface area contributed by atoms with Crippen LogP contribution in [0.2, 0.25) is 0 Å². The van der Waals surface area contributed by atoms with Gasteiger partial charge in [-0.05, 0) is 38.0 Å². The zero-order valence-electron chi connectivity index (χ0n) is 11.1. The number of hydrogen-bond donors (Lipinski definition) is 2. The summed E-state index contributed by atoms with van der Waals surface area (Å²) in [7, 11) is 0. The lowest BCUT2D eigenvalue weighted by molar-refractivity contribution is -0.142. The molecule has 2 unspecified atom stereocenters. The first-order valence-corrected chi connectivity index (χ1v) is 6.32. The molecule has 1 aliphatic heterocycles. The lowest BCUT2D eigenvalue weighted by atomic mass is 10.0. The van der Waals surface area contributed by atoms with Crippen LogP contribution in [0.25, 0.3) is 0 Å². The van der Waals surface area contributed by atoms with Crippen LogP contribution in [-0.2, 0) is 4.79 Å². The second-order valence-electron chi connectivity index (χ2n) is 4.99. The zero-order chi connectivity index (χ0) is 14.2. The van der Waals surface area contributed by atoms with Crippen molar-refractivity contribution in [1.82, 2.24) is 4.90 Å². The smallest absolute Gasteiger partial charge is 0.308 e. The van der Waals surface area contributed by atoms with Crippen LogP contribution in [0, 0.1) is 12.8 Å². The fourth-order valence-corrected chi connectivity index (χ4v) is 2.60. The molecule has 0 aromatic heterocycles. The zero-order valence-corrected chi connectivity index (χ0v) is 11.1. The van der Waals surface area contributed by atoms with Crippen molar-refractivity contribution in [3.05, 3.63) is 29.3 Å². The summed E-state index contributed by atoms with van der Waals surface area (Å²) in [4.78, 5) is 25.2. The van der Waals surface area contributed by atoms with Crippen molar-refractivity contribution in [1.29, 1.82) is 0 Å². The Kier molecular flexibility index (Phi) is 3.46. The summed E-state index contributed by atoms with van der Waals surface area (Å²) < 4.78 is 0. The van der Waals surface area contributed by atoms with Gasteiger partial charge in [-0.1, -0.05) is 6.07 Å². The number of carbonyl (C=O) groups is 2. The molecule has 19 heavy (non-hydrogen) atoms. The Hall–Kier alpha value is -2.04. The Bertz CT molecular complexity index is 527. The van der Waals surface area contributed by atoms with Crippen molar-refractivity contribution in [2.24, 2.45) is 5.92 Å². The second kappa shape index (κ2) is 4.91. The van der Waals surface area contributed by atoms with Gasteiger partial charge in [-0.25, -0.2) is 0 Å². The number of rotatable bonds is 2. The minimum Gasteiger partial charge on any atom is -0.481 e. The second-order valence-corrected chi connectivity index (χ2v) is 4.99. The van der Waals surface area contributed by atoms with E-state index in [1.165, 1.54) is 0 Å². The lowest BCUT2D eigenvalue weighted by Gasteiger charge is -2.24. The number of nitrogens with zero attached hydrogens (tertiary/aromatic N) is 1. The van der Waals surface area contributed by atoms with E-state index in [0.717, 1.165) is 5.56 Å². The molecule has 2 rings (SSSR count). The van der Waals surface area contributed by atoms with Gasteiger partial charge in [0.2, 0.25) is 0 Å². The van der Waals surface area contributed by atoms with Crippen LogP contribution < -0.4 is 5.73 Å². The van der Waals surface area contributed by atoms with E-state index in [1.54, 1.807) is 36.9 Å². The van der Waals surface area contributed by atoms with Gasteiger partial charge < -0.3 is 15.7 Å². The molecule has 1 heterocycles. The van der Waals surface area contributed by atoms with Crippen molar-refractivity contribution in [3.8, 4) is 0 Å². The minimum absolute atomic E-state index is 0.138. The Labute approximate surface area is 112 Å². The first-order valence-electron chi connectivity index (χ1n) is 6.32. The van der Waals surface area contributed by atoms with Crippen molar-refractivity contribution >= 4 is 17.6 Å². The van der Waals surface area contributed by atoms with E-state index < -0.39 is 11.9 Å². The summed E-state index contributed by atoms with van der Waals surface area (Å²) in [5, 5.41) is 9.09. The quantitative estimate of drug-likeness (QED) is 0.791. The van der Waals surface area contributed by atoms with Crippen LogP contribution in [-0.4, -0.2) is 34.5 Å². The van der Waals surface area contributed by atoms with Crippen molar-refractivity contribution in [2.75, 3.05) is 12.3 Å². The van der Waals surface area contributed by atoms with Gasteiger partial charge in [0.15, 0.2) is 0 Å². The van der Waals surface area contributed by atoms with E-state index in [9.17, 15) is 9.59 Å². The molecule has 0 spiro atoms. The molecule has 1 aromatic rings. The number of amides is 1. The van der Waals surface area contributed by atoms with E-state index in [1.807, 2.05) is 0 Å². The monoisotopic (exact) mass is 262 g/mol. The molecule has 2 atom stereocenters. The number of hydrogen-bond acceptors (Lipinski definition) is 3. The van der Waals surface area contributed by atoms with Crippen molar-refractivity contribution in [2.45, 2.75) is 26.3 Å². The number of carbonyl (C=O) groups excluding carboxylic acids is 1. The van der Waals surface area contributed by atoms with E-state index in [2.05, 4.69) is 0 Å². The number of aliphatic carboxylic acids is 1. The van der Waals surface area contributed by atoms with Gasteiger partial charge in [0, 0.05) is 23.8 Å². The van der Waals surface area contributed by atoms with Crippen LogP contribution in [0.15, 0.2) is 18.2 Å². The fourth-order valence-electron chi connectivity index (χ4n) is 2.60. The number of carboxylic acid groups (broad SMARTS) is 1. The van der Waals surface area contributed by atoms with E-state index >= 15 is 0 Å². The largest absolute Gasteiger partial charge is 0.481 e. The molecule has 1 aliphatic rings. The fraction of sp³-hybridized carbons (Fsp3) is 0.429. The standard InChI is InChI=1S/C14H18N2O3/c1-8-10(4-3-5-12(8)15)13(17)16-7-6-11(9(16)2)14(18)19/h3-5,9,11H,6-7,15H2,1-2H3,(H,18,19). The SMILES string of the molecule is Cc1c(N)cccc1C(=O)N1CCC(C(=O)O)C1C. The molecule has 0 aliphatic carbocycles. The molecule has 0 saturated carbocycles. The number of nitrogen functional groups attached to an aromatic ring is 1. The third kappa shape index (κ3) is 2.28. The molecule has 0 radical (unpaired) electrons. The van der Waals surface area contributed by atoms with Gasteiger partial charge in [0.25, 0.3) is 5.91 Å². The van der Waals surface area contributed by atoms with Gasteiger partial charge in [0.1, 0.15) is 0 Å². The average Bonchev–Trinajstić information content (AvgIpc) is 2.74. The first-order chi connectivity index (χ1) is 8.93. The van der Waals surface area contributed by atoms with Gasteiger partial charge >= 0.3 is 5.97 Å². The molecular weight excluding hydrogens is 244 g/mol. The van der Waals surface area contributed by atoms with Crippen LogP contribution in [0.4, 0.5) is 5.69 Å². The van der Waals surface area contributed by atoms with Crippen molar-refractivity contribution in [3.63, 3.8) is 0 Å². The highest BCUT2D eigenvalue weighted by molar-refractivity contribution is 5.97. The maximum atomic E-state index is 12.5. The molecular formula is C14H18N2O3. The third-order valence-electron chi connectivity index (χ3n) is 3.94. The molecule has 1 aromatic carbocycles. The summed E-state index contributed by atoms with van der Waals surface area (Å²) in [6, 6.07) is 4.94. The molecule has 0 bridgehead atoms. The summed E-state index contributed by atoms with van der Waals surface area (Å²) in [6.45, 7) is 4.06. The van der Waals surface area contributed by atoms with Crippen molar-refractivity contribution < 1.29 is 14.7 Å². The van der Waals surface area contributed by atoms with Crippen LogP contribution >= 0.6 is 0 Å². The molecule has 5 heteroatoms. The molecule has 1 fully saturated rings. The molecule has 102 valence electrons. The summed E-state index contributed by atoms with van der Waals surface area (Å²) in [5.41, 5.74) is 7.68. The predicted molar refractivity (Wildman–Crippen MR) is 71.8 cm³/mol. The summed E-state index contributed by atoms with van der Waals surface area (Å²) in [5.74, 6) is -1.46. The maximum Gasteiger partial charge on any atom is 0.308 e. The number of carboxylic acids is 1. The molecule has 5 nitrogen and oxygen atoms in total. The normalized spacial score (nSPS) is 22.5. The minimum atomic E-state index is -0.841. The number of nitrogens with two attached hydrogens (primary N) is 1. The molecule has 1 amide bonds. The molecule has 3 N–H and O–H groups in total. The Morgan fingerprint density at radius 3 is 2.68 bits per heavy atom. The Morgan fingerprint density at radius 1 is 1.42 bits per heavy atom. The van der Waals surface area contributed by atoms with Gasteiger partial charge in [-0.2, -0.15) is 0 Å². The van der Waals surface area contributed by atoms with Gasteiger partial charge in [0.05, 0.1) is 5.92 Å². The van der Waals surface area contributed by atoms with E-state index in [4.69, 9.17) is 10.8 Å². The van der Waals surface area contributed by atoms with Gasteiger partial charge in [-0.15, -0.1) is 0 Å². The predicted octanol–water partition coefficient (Wildman–Crippen LogP) is 1.51. The number of benzene rings is 1. The molecule has 1 saturated heterocycles. The highest BCUT2D eigenvalue weighted by Gasteiger charge is 2.38. The highest BCUT2D eigenvalue weighted by Crippen LogP contribution is 2.27. The Morgan fingerprint density at radius 2 is 2.11 bits per heavy atom. The van der Waals surface area contributed by atoms with E-state index in [-0.39, 0.29) is 11.9 Å². The number of anilines is 1. The van der Waals surface area contributed by atoms with E-state index in [0.29, 0.717) is 24.2 Å². The first kappa shape index (κ1) is 13.4. The summed E-state index contributed by atoms with van der Waals surface area (Å²) >= 11 is 0. The maximum absolute atomic E-state index is 12.5. The van der Waals surface area contributed by atoms with Crippen LogP contribution in [0.5, 0.6) is 0 Å².